The largest absolute Gasteiger partial charge is 0.396 e. The van der Waals surface area contributed by atoms with E-state index in [0.29, 0.717) is 12.1 Å². The summed E-state index contributed by atoms with van der Waals surface area (Å²) in [4.78, 5) is 12.9. The third-order valence-corrected chi connectivity index (χ3v) is 4.30. The smallest absolute Gasteiger partial charge is 0.251 e. The van der Waals surface area contributed by atoms with E-state index in [1.54, 1.807) is 24.3 Å². The average Bonchev–Trinajstić information content (AvgIpc) is 2.46. The predicted molar refractivity (Wildman–Crippen MR) is 78.6 cm³/mol. The number of nitrogens with one attached hydrogen (secondary N) is 1. The van der Waals surface area contributed by atoms with Gasteiger partial charge in [0.2, 0.25) is 0 Å². The lowest BCUT2D eigenvalue weighted by Gasteiger charge is -2.35. The highest BCUT2D eigenvalue weighted by Crippen LogP contribution is 2.35. The van der Waals surface area contributed by atoms with E-state index in [2.05, 4.69) is 17.9 Å². The number of amides is 1. The molecule has 104 valence electrons. The maximum Gasteiger partial charge on any atom is 0.251 e. The Hall–Kier alpha value is -1.00. The molecule has 0 aliphatic heterocycles. The summed E-state index contributed by atoms with van der Waals surface area (Å²) < 4.78 is 0. The number of carbonyl (C=O) groups excluding carboxylic acids is 1. The second kappa shape index (κ2) is 6.44. The molecule has 19 heavy (non-hydrogen) atoms. The van der Waals surface area contributed by atoms with Crippen LogP contribution in [0.4, 0.5) is 0 Å². The molecule has 1 aliphatic rings. The van der Waals surface area contributed by atoms with Crippen LogP contribution in [0, 0.1) is 5.41 Å². The van der Waals surface area contributed by atoms with Crippen LogP contribution in [0.1, 0.15) is 42.5 Å². The van der Waals surface area contributed by atoms with Crippen LogP contribution in [0.15, 0.2) is 29.2 Å². The van der Waals surface area contributed by atoms with E-state index in [9.17, 15) is 9.90 Å². The summed E-state index contributed by atoms with van der Waals surface area (Å²) >= 11 is 4.20. The summed E-state index contributed by atoms with van der Waals surface area (Å²) in [5.74, 6) is -0.0771. The second-order valence-corrected chi connectivity index (χ2v) is 5.96. The van der Waals surface area contributed by atoms with Crippen LogP contribution in [-0.4, -0.2) is 24.2 Å². The Morgan fingerprint density at radius 3 is 2.42 bits per heavy atom. The Bertz CT molecular complexity index is 424. The van der Waals surface area contributed by atoms with Gasteiger partial charge in [-0.2, -0.15) is 0 Å². The van der Waals surface area contributed by atoms with E-state index in [-0.39, 0.29) is 17.9 Å². The lowest BCUT2D eigenvalue weighted by molar-refractivity contribution is 0.0718. The number of aliphatic hydroxyl groups excluding tert-OH is 1. The van der Waals surface area contributed by atoms with Gasteiger partial charge >= 0.3 is 0 Å². The molecule has 0 aromatic heterocycles. The van der Waals surface area contributed by atoms with Gasteiger partial charge < -0.3 is 10.4 Å². The minimum Gasteiger partial charge on any atom is -0.396 e. The van der Waals surface area contributed by atoms with Crippen molar-refractivity contribution in [3.63, 3.8) is 0 Å². The molecule has 0 radical (unpaired) electrons. The zero-order valence-electron chi connectivity index (χ0n) is 11.1. The van der Waals surface area contributed by atoms with Crippen LogP contribution in [0.25, 0.3) is 0 Å². The monoisotopic (exact) mass is 279 g/mol. The van der Waals surface area contributed by atoms with E-state index in [4.69, 9.17) is 0 Å². The Morgan fingerprint density at radius 2 is 1.84 bits per heavy atom. The lowest BCUT2D eigenvalue weighted by atomic mass is 9.74. The van der Waals surface area contributed by atoms with Crippen molar-refractivity contribution in [2.75, 3.05) is 13.2 Å². The predicted octanol–water partition coefficient (Wildman–Crippen LogP) is 2.65. The molecule has 0 heterocycles. The first kappa shape index (κ1) is 14.4. The van der Waals surface area contributed by atoms with Crippen LogP contribution in [-0.2, 0) is 0 Å². The first-order valence-electron chi connectivity index (χ1n) is 6.83. The van der Waals surface area contributed by atoms with Crippen molar-refractivity contribution >= 4 is 18.5 Å². The van der Waals surface area contributed by atoms with Crippen molar-refractivity contribution in [3.05, 3.63) is 29.8 Å². The van der Waals surface area contributed by atoms with Gasteiger partial charge in [0.1, 0.15) is 0 Å². The van der Waals surface area contributed by atoms with Crippen molar-refractivity contribution in [1.82, 2.24) is 5.32 Å². The summed E-state index contributed by atoms with van der Waals surface area (Å²) in [5, 5.41) is 12.6. The van der Waals surface area contributed by atoms with Crippen molar-refractivity contribution in [2.24, 2.45) is 5.41 Å². The van der Waals surface area contributed by atoms with Crippen LogP contribution in [0.3, 0.4) is 0 Å². The van der Waals surface area contributed by atoms with E-state index < -0.39 is 0 Å². The molecule has 0 spiro atoms. The molecular formula is C15H21NO2S. The van der Waals surface area contributed by atoms with Crippen LogP contribution >= 0.6 is 12.6 Å². The molecule has 1 saturated carbocycles. The number of carbonyl (C=O) groups is 1. The number of thiol groups is 1. The minimum absolute atomic E-state index is 0.0771. The Morgan fingerprint density at radius 1 is 1.21 bits per heavy atom. The van der Waals surface area contributed by atoms with Crippen molar-refractivity contribution < 1.29 is 9.90 Å². The lowest BCUT2D eigenvalue weighted by Crippen LogP contribution is -2.41. The van der Waals surface area contributed by atoms with Crippen LogP contribution in [0.2, 0.25) is 0 Å². The highest BCUT2D eigenvalue weighted by atomic mass is 32.1. The fourth-order valence-corrected chi connectivity index (χ4v) is 2.82. The first-order valence-corrected chi connectivity index (χ1v) is 7.28. The first-order chi connectivity index (χ1) is 9.15. The quantitative estimate of drug-likeness (QED) is 0.742. The molecule has 4 heteroatoms. The fourth-order valence-electron chi connectivity index (χ4n) is 2.68. The summed E-state index contributed by atoms with van der Waals surface area (Å²) in [7, 11) is 0. The van der Waals surface area contributed by atoms with Crippen molar-refractivity contribution in [1.29, 1.82) is 0 Å². The fraction of sp³-hybridized carbons (Fsp3) is 0.533. The van der Waals surface area contributed by atoms with Gasteiger partial charge in [-0.25, -0.2) is 0 Å². The van der Waals surface area contributed by atoms with E-state index >= 15 is 0 Å². The molecule has 3 nitrogen and oxygen atoms in total. The van der Waals surface area contributed by atoms with Gasteiger partial charge in [-0.1, -0.05) is 19.3 Å². The number of aliphatic hydroxyl groups is 1. The Balaban J connectivity index is 1.93. The van der Waals surface area contributed by atoms with E-state index in [0.717, 1.165) is 30.6 Å². The summed E-state index contributed by atoms with van der Waals surface area (Å²) in [5.41, 5.74) is 0.527. The van der Waals surface area contributed by atoms with Gasteiger partial charge in [0.05, 0.1) is 6.61 Å². The summed E-state index contributed by atoms with van der Waals surface area (Å²) in [6, 6.07) is 7.15. The maximum atomic E-state index is 12.0. The summed E-state index contributed by atoms with van der Waals surface area (Å²) in [6.45, 7) is 0.716. The molecule has 0 saturated heterocycles. The second-order valence-electron chi connectivity index (χ2n) is 5.45. The van der Waals surface area contributed by atoms with Gasteiger partial charge in [-0.3, -0.25) is 4.79 Å². The Labute approximate surface area is 119 Å². The summed E-state index contributed by atoms with van der Waals surface area (Å²) in [6.07, 6.45) is 5.52. The molecular weight excluding hydrogens is 258 g/mol. The molecule has 2 rings (SSSR count). The average molecular weight is 279 g/mol. The van der Waals surface area contributed by atoms with Gasteiger partial charge in [-0.15, -0.1) is 12.6 Å². The van der Waals surface area contributed by atoms with Gasteiger partial charge in [-0.05, 0) is 37.1 Å². The van der Waals surface area contributed by atoms with Crippen molar-refractivity contribution in [3.8, 4) is 0 Å². The van der Waals surface area contributed by atoms with Gasteiger partial charge in [0.15, 0.2) is 0 Å². The normalized spacial score (nSPS) is 18.0. The third-order valence-electron chi connectivity index (χ3n) is 4.00. The molecule has 1 fully saturated rings. The minimum atomic E-state index is -0.114. The van der Waals surface area contributed by atoms with E-state index in [1.165, 1.54) is 6.42 Å². The number of rotatable bonds is 4. The standard InChI is InChI=1S/C15H21NO2S/c17-11-15(8-2-1-3-9-15)10-16-14(18)12-4-6-13(19)7-5-12/h4-7,17,19H,1-3,8-11H2,(H,16,18). The zero-order chi connectivity index (χ0) is 13.7. The molecule has 0 unspecified atom stereocenters. The third kappa shape index (κ3) is 3.74. The molecule has 1 aliphatic carbocycles. The molecule has 2 N–H and O–H groups in total. The topological polar surface area (TPSA) is 49.3 Å². The van der Waals surface area contributed by atoms with Crippen molar-refractivity contribution in [2.45, 2.75) is 37.0 Å². The van der Waals surface area contributed by atoms with Crippen LogP contribution < -0.4 is 5.32 Å². The molecule has 1 aromatic rings. The highest BCUT2D eigenvalue weighted by Gasteiger charge is 2.31. The van der Waals surface area contributed by atoms with Crippen LogP contribution in [0.5, 0.6) is 0 Å². The number of benzene rings is 1. The molecule has 0 atom stereocenters. The maximum absolute atomic E-state index is 12.0. The molecule has 1 aromatic carbocycles. The van der Waals surface area contributed by atoms with Gasteiger partial charge in [0, 0.05) is 22.4 Å². The number of hydrogen-bond donors (Lipinski definition) is 3. The molecule has 0 bridgehead atoms. The Kier molecular flexibility index (Phi) is 4.88. The highest BCUT2D eigenvalue weighted by molar-refractivity contribution is 7.80. The molecule has 1 amide bonds. The van der Waals surface area contributed by atoms with E-state index in [1.807, 2.05) is 0 Å². The number of hydrogen-bond acceptors (Lipinski definition) is 3. The SMILES string of the molecule is O=C(NCC1(CO)CCCCC1)c1ccc(S)cc1. The van der Waals surface area contributed by atoms with Gasteiger partial charge in [0.25, 0.3) is 5.91 Å². The zero-order valence-corrected chi connectivity index (χ0v) is 12.0.